The molecule has 0 fully saturated rings. The van der Waals surface area contributed by atoms with Gasteiger partial charge in [-0.3, -0.25) is 0 Å². The highest BCUT2D eigenvalue weighted by atomic mass is 16.5. The number of phenolic OH excluding ortho intramolecular Hbond substituents is 1. The lowest BCUT2D eigenvalue weighted by molar-refractivity contribution is 0.0209. The van der Waals surface area contributed by atoms with Gasteiger partial charge in [-0.15, -0.1) is 4.91 Å². The second-order valence-corrected chi connectivity index (χ2v) is 4.75. The molecule has 0 radical (unpaired) electrons. The van der Waals surface area contributed by atoms with E-state index >= 15 is 0 Å². The summed E-state index contributed by atoms with van der Waals surface area (Å²) >= 11 is 0. The van der Waals surface area contributed by atoms with E-state index in [2.05, 4.69) is 5.18 Å². The van der Waals surface area contributed by atoms with E-state index in [1.807, 2.05) is 0 Å². The van der Waals surface area contributed by atoms with Gasteiger partial charge in [0.1, 0.15) is 23.3 Å². The Labute approximate surface area is 115 Å². The van der Waals surface area contributed by atoms with E-state index in [0.29, 0.717) is 16.9 Å². The number of rotatable bonds is 2. The number of phenols is 1. The molecule has 0 saturated carbocycles. The predicted molar refractivity (Wildman–Crippen MR) is 73.1 cm³/mol. The third-order valence-corrected chi connectivity index (χ3v) is 3.42. The Morgan fingerprint density at radius 2 is 2.00 bits per heavy atom. The van der Waals surface area contributed by atoms with Gasteiger partial charge in [0, 0.05) is 12.0 Å². The molecule has 102 valence electrons. The second-order valence-electron chi connectivity index (χ2n) is 4.75. The highest BCUT2D eigenvalue weighted by Gasteiger charge is 2.31. The number of hydrogen-bond donors (Lipinski definition) is 2. The van der Waals surface area contributed by atoms with Crippen LogP contribution in [-0.4, -0.2) is 16.3 Å². The number of aliphatic hydroxyl groups excluding tert-OH is 1. The summed E-state index contributed by atoms with van der Waals surface area (Å²) in [5, 5.41) is 22.7. The maximum Gasteiger partial charge on any atom is 0.150 e. The minimum Gasteiger partial charge on any atom is -0.508 e. The number of hydrogen-bond acceptors (Lipinski definition) is 5. The Kier molecular flexibility index (Phi) is 3.12. The Morgan fingerprint density at radius 3 is 2.75 bits per heavy atom. The van der Waals surface area contributed by atoms with E-state index in [-0.39, 0.29) is 17.9 Å². The molecule has 0 aromatic heterocycles. The van der Waals surface area contributed by atoms with Crippen LogP contribution < -0.4 is 4.74 Å². The van der Waals surface area contributed by atoms with Crippen LogP contribution >= 0.6 is 0 Å². The average molecular weight is 271 g/mol. The lowest BCUT2D eigenvalue weighted by Gasteiger charge is -2.31. The summed E-state index contributed by atoms with van der Waals surface area (Å²) < 4.78 is 5.77. The van der Waals surface area contributed by atoms with E-state index in [0.717, 1.165) is 0 Å². The molecule has 2 aromatic rings. The van der Waals surface area contributed by atoms with E-state index in [1.165, 1.54) is 0 Å². The summed E-state index contributed by atoms with van der Waals surface area (Å²) in [7, 11) is 0. The van der Waals surface area contributed by atoms with Gasteiger partial charge in [-0.2, -0.15) is 0 Å². The normalized spacial score (nSPS) is 20.9. The summed E-state index contributed by atoms with van der Waals surface area (Å²) in [6, 6.07) is 11.6. The van der Waals surface area contributed by atoms with Crippen molar-refractivity contribution in [1.29, 1.82) is 0 Å². The van der Waals surface area contributed by atoms with Crippen LogP contribution in [0.15, 0.2) is 47.6 Å². The van der Waals surface area contributed by atoms with Crippen LogP contribution in [0.2, 0.25) is 0 Å². The molecule has 1 aliphatic heterocycles. The third kappa shape index (κ3) is 2.12. The number of nitroso groups, excluding NO2 is 1. The van der Waals surface area contributed by atoms with Gasteiger partial charge in [0.05, 0.1) is 6.10 Å². The van der Waals surface area contributed by atoms with Crippen molar-refractivity contribution in [2.45, 2.75) is 18.6 Å². The maximum atomic E-state index is 10.8. The van der Waals surface area contributed by atoms with Crippen molar-refractivity contribution in [2.24, 2.45) is 5.18 Å². The van der Waals surface area contributed by atoms with Crippen LogP contribution in [0, 0.1) is 4.91 Å². The number of nitrogens with zero attached hydrogens (tertiary/aromatic N) is 1. The molecule has 2 atom stereocenters. The quantitative estimate of drug-likeness (QED) is 0.823. The number of aromatic hydroxyl groups is 1. The number of fused-ring (bicyclic) bond motifs is 1. The first kappa shape index (κ1) is 12.6. The van der Waals surface area contributed by atoms with Gasteiger partial charge in [0.15, 0.2) is 0 Å². The third-order valence-electron chi connectivity index (χ3n) is 3.42. The fourth-order valence-electron chi connectivity index (χ4n) is 2.48. The molecule has 0 amide bonds. The van der Waals surface area contributed by atoms with Gasteiger partial charge in [0.2, 0.25) is 0 Å². The fraction of sp³-hybridized carbons (Fsp3) is 0.200. The van der Waals surface area contributed by atoms with Gasteiger partial charge in [-0.25, -0.2) is 0 Å². The van der Waals surface area contributed by atoms with Gasteiger partial charge in [-0.1, -0.05) is 18.2 Å². The number of benzene rings is 2. The summed E-state index contributed by atoms with van der Waals surface area (Å²) in [4.78, 5) is 10.8. The van der Waals surface area contributed by atoms with Gasteiger partial charge in [-0.05, 0) is 35.0 Å². The molecule has 2 aromatic carbocycles. The first-order valence-electron chi connectivity index (χ1n) is 6.28. The second kappa shape index (κ2) is 4.94. The van der Waals surface area contributed by atoms with E-state index in [4.69, 9.17) is 4.74 Å². The summed E-state index contributed by atoms with van der Waals surface area (Å²) in [6.07, 6.45) is -1.08. The first-order chi connectivity index (χ1) is 9.69. The molecule has 0 spiro atoms. The van der Waals surface area contributed by atoms with Crippen LogP contribution in [0.25, 0.3) is 0 Å². The monoisotopic (exact) mass is 271 g/mol. The molecule has 0 saturated heterocycles. The van der Waals surface area contributed by atoms with Crippen LogP contribution in [0.3, 0.4) is 0 Å². The highest BCUT2D eigenvalue weighted by molar-refractivity contribution is 5.55. The van der Waals surface area contributed by atoms with Crippen molar-refractivity contribution >= 4 is 5.69 Å². The Balaban J connectivity index is 1.99. The molecule has 20 heavy (non-hydrogen) atoms. The van der Waals surface area contributed by atoms with Gasteiger partial charge >= 0.3 is 0 Å². The smallest absolute Gasteiger partial charge is 0.150 e. The van der Waals surface area contributed by atoms with Crippen molar-refractivity contribution in [2.75, 3.05) is 0 Å². The summed E-state index contributed by atoms with van der Waals surface area (Å²) in [5.74, 6) is 0.660. The lowest BCUT2D eigenvalue weighted by atomic mass is 9.94. The number of ether oxygens (including phenoxy) is 1. The molecule has 0 aliphatic carbocycles. The van der Waals surface area contributed by atoms with Crippen molar-refractivity contribution in [1.82, 2.24) is 0 Å². The zero-order valence-electron chi connectivity index (χ0n) is 10.6. The van der Waals surface area contributed by atoms with Crippen LogP contribution in [0.4, 0.5) is 5.69 Å². The standard InChI is InChI=1S/C15H13NO4/c17-10-4-1-3-9(7-10)15-13(18)8-11-12(16-19)5-2-6-14(11)20-15/h1-7,13,15,17-18H,8H2/t13?,15-/m1/s1. The zero-order chi connectivity index (χ0) is 14.1. The van der Waals surface area contributed by atoms with E-state index in [9.17, 15) is 15.1 Å². The topological polar surface area (TPSA) is 79.1 Å². The van der Waals surface area contributed by atoms with Crippen LogP contribution in [0.5, 0.6) is 11.5 Å². The molecule has 1 aliphatic rings. The van der Waals surface area contributed by atoms with E-state index < -0.39 is 12.2 Å². The van der Waals surface area contributed by atoms with Crippen LogP contribution in [-0.2, 0) is 6.42 Å². The molecule has 5 nitrogen and oxygen atoms in total. The molecule has 0 bridgehead atoms. The predicted octanol–water partition coefficient (Wildman–Crippen LogP) is 2.83. The molecule has 1 heterocycles. The Bertz CT molecular complexity index is 656. The van der Waals surface area contributed by atoms with Crippen molar-refractivity contribution in [3.8, 4) is 11.5 Å². The summed E-state index contributed by atoms with van der Waals surface area (Å²) in [5.41, 5.74) is 1.59. The number of aliphatic hydroxyl groups is 1. The minimum atomic E-state index is -0.799. The molecule has 2 N–H and O–H groups in total. The molecular weight excluding hydrogens is 258 g/mol. The van der Waals surface area contributed by atoms with E-state index in [1.54, 1.807) is 42.5 Å². The first-order valence-corrected chi connectivity index (χ1v) is 6.28. The van der Waals surface area contributed by atoms with Crippen molar-refractivity contribution in [3.05, 3.63) is 58.5 Å². The van der Waals surface area contributed by atoms with Crippen LogP contribution in [0.1, 0.15) is 17.2 Å². The lowest BCUT2D eigenvalue weighted by Crippen LogP contribution is -2.30. The zero-order valence-corrected chi connectivity index (χ0v) is 10.6. The fourth-order valence-corrected chi connectivity index (χ4v) is 2.48. The molecule has 5 heteroatoms. The molecular formula is C15H13NO4. The molecule has 3 rings (SSSR count). The highest BCUT2D eigenvalue weighted by Crippen LogP contribution is 2.39. The minimum absolute atomic E-state index is 0.118. The summed E-state index contributed by atoms with van der Waals surface area (Å²) in [6.45, 7) is 0. The van der Waals surface area contributed by atoms with Gasteiger partial charge < -0.3 is 14.9 Å². The maximum absolute atomic E-state index is 10.8. The Hall–Kier alpha value is -2.40. The Morgan fingerprint density at radius 1 is 1.20 bits per heavy atom. The van der Waals surface area contributed by atoms with Crippen molar-refractivity contribution < 1.29 is 14.9 Å². The average Bonchev–Trinajstić information content (AvgIpc) is 2.46. The largest absolute Gasteiger partial charge is 0.508 e. The molecule has 1 unspecified atom stereocenters. The van der Waals surface area contributed by atoms with Gasteiger partial charge in [0.25, 0.3) is 0 Å². The van der Waals surface area contributed by atoms with Crippen molar-refractivity contribution in [3.63, 3.8) is 0 Å². The SMILES string of the molecule is O=Nc1cccc2c1CC(O)[C@@H](c1cccc(O)c1)O2.